The molecule has 0 aromatic carbocycles. The van der Waals surface area contributed by atoms with Crippen molar-refractivity contribution in [2.45, 2.75) is 49.4 Å². The monoisotopic (exact) mass is 429 g/mol. The highest BCUT2D eigenvalue weighted by Gasteiger charge is 2.47. The minimum atomic E-state index is -5.12. The third-order valence-electron chi connectivity index (χ3n) is 2.73. The molecule has 0 fully saturated rings. The summed E-state index contributed by atoms with van der Waals surface area (Å²) in [5, 5.41) is 2.75. The van der Waals surface area contributed by atoms with Crippen LogP contribution >= 0.6 is 0 Å². The Morgan fingerprint density at radius 2 is 1.00 bits per heavy atom. The Kier molecular flexibility index (Phi) is 13.3. The summed E-state index contributed by atoms with van der Waals surface area (Å²) in [6.45, 7) is -2.09. The molecule has 0 radical (unpaired) electrons. The van der Waals surface area contributed by atoms with Gasteiger partial charge >= 0.3 is 0 Å². The normalized spacial score (nSPS) is 21.4. The lowest BCUT2D eigenvalue weighted by Crippen LogP contribution is -2.47. The first-order valence-corrected chi connectivity index (χ1v) is 8.58. The maximum atomic E-state index is 13.2. The van der Waals surface area contributed by atoms with E-state index in [0.29, 0.717) is 0 Å². The summed E-state index contributed by atoms with van der Waals surface area (Å²) in [5.41, 5.74) is 0. The Bertz CT molecular complexity index is 473. The van der Waals surface area contributed by atoms with Gasteiger partial charge in [-0.25, -0.2) is 39.5 Å². The number of nitrogens with one attached hydrogen (secondary N) is 1. The standard InChI is InChI=1S/C10H13F9O3S.C2H7N/c11-1-3(12)5(14)7(16)9(18)10(19)8(17)6(15)4(13)2-23(20,21)22;1-3-2/h3-10H,1-2H2,(H,20,21,22);3H,1-2H3. The van der Waals surface area contributed by atoms with E-state index in [2.05, 4.69) is 5.32 Å². The summed E-state index contributed by atoms with van der Waals surface area (Å²) >= 11 is 0. The topological polar surface area (TPSA) is 66.4 Å². The number of hydrogen-bond donors (Lipinski definition) is 2. The molecule has 0 bridgehead atoms. The lowest BCUT2D eigenvalue weighted by atomic mass is 9.98. The first kappa shape index (κ1) is 27.5. The van der Waals surface area contributed by atoms with E-state index >= 15 is 0 Å². The zero-order valence-corrected chi connectivity index (χ0v) is 14.4. The van der Waals surface area contributed by atoms with E-state index in [1.807, 2.05) is 14.1 Å². The molecule has 0 saturated heterocycles. The van der Waals surface area contributed by atoms with Crippen LogP contribution in [-0.2, 0) is 10.1 Å². The molecule has 0 aliphatic rings. The number of hydrogen-bond acceptors (Lipinski definition) is 3. The van der Waals surface area contributed by atoms with Gasteiger partial charge in [-0.1, -0.05) is 0 Å². The lowest BCUT2D eigenvalue weighted by Gasteiger charge is -2.25. The molecule has 8 unspecified atom stereocenters. The fraction of sp³-hybridized carbons (Fsp3) is 1.00. The molecule has 2 N–H and O–H groups in total. The van der Waals surface area contributed by atoms with E-state index in [0.717, 1.165) is 0 Å². The summed E-state index contributed by atoms with van der Waals surface area (Å²) in [6.07, 6.45) is -28.8. The van der Waals surface area contributed by atoms with Crippen molar-refractivity contribution in [1.29, 1.82) is 0 Å². The van der Waals surface area contributed by atoms with Crippen LogP contribution in [0.15, 0.2) is 0 Å². The summed E-state index contributed by atoms with van der Waals surface area (Å²) in [6, 6.07) is 0. The minimum absolute atomic E-state index is 1.88. The first-order valence-electron chi connectivity index (χ1n) is 6.97. The molecule has 0 spiro atoms. The molecule has 14 heteroatoms. The molecular formula is C12H20F9NO3S. The Labute approximate surface area is 144 Å². The van der Waals surface area contributed by atoms with Crippen LogP contribution in [0.1, 0.15) is 0 Å². The van der Waals surface area contributed by atoms with Crippen LogP contribution < -0.4 is 5.32 Å². The van der Waals surface area contributed by atoms with E-state index in [1.54, 1.807) is 0 Å². The van der Waals surface area contributed by atoms with Gasteiger partial charge in [0.05, 0.1) is 0 Å². The van der Waals surface area contributed by atoms with Gasteiger partial charge in [0.1, 0.15) is 12.4 Å². The van der Waals surface area contributed by atoms with Crippen LogP contribution in [0, 0.1) is 0 Å². The van der Waals surface area contributed by atoms with Crippen LogP contribution in [0.4, 0.5) is 39.5 Å². The van der Waals surface area contributed by atoms with Gasteiger partial charge in [-0.3, -0.25) is 4.55 Å². The van der Waals surface area contributed by atoms with E-state index in [-0.39, 0.29) is 0 Å². The number of alkyl halides is 9. The molecule has 0 aromatic heterocycles. The van der Waals surface area contributed by atoms with Crippen molar-refractivity contribution in [3.8, 4) is 0 Å². The van der Waals surface area contributed by atoms with Gasteiger partial charge in [0.15, 0.2) is 49.4 Å². The Hall–Kier alpha value is -0.760. The third kappa shape index (κ3) is 9.80. The second kappa shape index (κ2) is 12.6. The Balaban J connectivity index is 0. The van der Waals surface area contributed by atoms with Crippen LogP contribution in [0.25, 0.3) is 0 Å². The molecule has 8 atom stereocenters. The van der Waals surface area contributed by atoms with Crippen LogP contribution in [0.3, 0.4) is 0 Å². The molecule has 0 saturated carbocycles. The predicted molar refractivity (Wildman–Crippen MR) is 76.5 cm³/mol. The SMILES string of the molecule is CNC.O=S(=O)(O)CC(F)C(F)C(F)C(F)C(F)C(F)C(F)C(F)CF. The molecule has 0 rings (SSSR count). The van der Waals surface area contributed by atoms with E-state index in [9.17, 15) is 47.9 Å². The van der Waals surface area contributed by atoms with Gasteiger partial charge in [-0.05, 0) is 14.1 Å². The molecule has 160 valence electrons. The van der Waals surface area contributed by atoms with Crippen molar-refractivity contribution in [2.24, 2.45) is 0 Å². The molecule has 26 heavy (non-hydrogen) atoms. The molecule has 0 aromatic rings. The van der Waals surface area contributed by atoms with E-state index in [4.69, 9.17) is 4.55 Å². The van der Waals surface area contributed by atoms with Gasteiger partial charge < -0.3 is 5.32 Å². The van der Waals surface area contributed by atoms with Gasteiger partial charge in [-0.15, -0.1) is 0 Å². The van der Waals surface area contributed by atoms with Gasteiger partial charge in [-0.2, -0.15) is 8.42 Å². The minimum Gasteiger partial charge on any atom is -0.323 e. The van der Waals surface area contributed by atoms with Crippen LogP contribution in [-0.4, -0.2) is 88.9 Å². The van der Waals surface area contributed by atoms with Crippen molar-refractivity contribution >= 4 is 10.1 Å². The molecule has 0 amide bonds. The quantitative estimate of drug-likeness (QED) is 0.414. The fourth-order valence-electron chi connectivity index (χ4n) is 1.48. The van der Waals surface area contributed by atoms with E-state index < -0.39 is 71.9 Å². The van der Waals surface area contributed by atoms with Crippen molar-refractivity contribution in [3.63, 3.8) is 0 Å². The van der Waals surface area contributed by atoms with Crippen molar-refractivity contribution in [3.05, 3.63) is 0 Å². The van der Waals surface area contributed by atoms with Gasteiger partial charge in [0.25, 0.3) is 10.1 Å². The first-order chi connectivity index (χ1) is 11.7. The van der Waals surface area contributed by atoms with Gasteiger partial charge in [0, 0.05) is 0 Å². The zero-order valence-electron chi connectivity index (χ0n) is 13.6. The number of rotatable bonds is 10. The lowest BCUT2D eigenvalue weighted by molar-refractivity contribution is -0.0460. The van der Waals surface area contributed by atoms with E-state index in [1.165, 1.54) is 0 Å². The van der Waals surface area contributed by atoms with Crippen LogP contribution in [0.5, 0.6) is 0 Å². The Morgan fingerprint density at radius 3 is 1.27 bits per heavy atom. The fourth-order valence-corrected chi connectivity index (χ4v) is 2.07. The highest BCUT2D eigenvalue weighted by Crippen LogP contribution is 2.27. The van der Waals surface area contributed by atoms with Crippen LogP contribution in [0.2, 0.25) is 0 Å². The average molecular weight is 429 g/mol. The third-order valence-corrected chi connectivity index (χ3v) is 3.47. The summed E-state index contributed by atoms with van der Waals surface area (Å²) in [5.74, 6) is -1.99. The smallest absolute Gasteiger partial charge is 0.267 e. The molecular weight excluding hydrogens is 409 g/mol. The summed E-state index contributed by atoms with van der Waals surface area (Å²) < 4.78 is 145. The summed E-state index contributed by atoms with van der Waals surface area (Å²) in [7, 11) is -1.37. The van der Waals surface area contributed by atoms with Crippen molar-refractivity contribution in [2.75, 3.05) is 26.5 Å². The molecule has 0 heterocycles. The second-order valence-electron chi connectivity index (χ2n) is 5.10. The highest BCUT2D eigenvalue weighted by atomic mass is 32.2. The molecule has 0 aliphatic heterocycles. The average Bonchev–Trinajstić information content (AvgIpc) is 2.56. The maximum absolute atomic E-state index is 13.2. The van der Waals surface area contributed by atoms with Crippen molar-refractivity contribution < 1.29 is 52.5 Å². The highest BCUT2D eigenvalue weighted by molar-refractivity contribution is 7.85. The Morgan fingerprint density at radius 1 is 0.731 bits per heavy atom. The maximum Gasteiger partial charge on any atom is 0.267 e. The van der Waals surface area contributed by atoms with Gasteiger partial charge in [0.2, 0.25) is 0 Å². The van der Waals surface area contributed by atoms with Crippen molar-refractivity contribution in [1.82, 2.24) is 5.32 Å². The second-order valence-corrected chi connectivity index (χ2v) is 6.60. The number of halogens is 9. The zero-order chi connectivity index (χ0) is 21.2. The predicted octanol–water partition coefficient (Wildman–Crippen LogP) is 2.38. The molecule has 0 aliphatic carbocycles. The largest absolute Gasteiger partial charge is 0.323 e. The summed E-state index contributed by atoms with van der Waals surface area (Å²) in [4.78, 5) is 0. The molecule has 4 nitrogen and oxygen atoms in total.